The summed E-state index contributed by atoms with van der Waals surface area (Å²) in [6.45, 7) is 2.86. The Bertz CT molecular complexity index is 958. The van der Waals surface area contributed by atoms with Gasteiger partial charge in [-0.05, 0) is 49.2 Å². The van der Waals surface area contributed by atoms with E-state index in [0.717, 1.165) is 17.8 Å². The van der Waals surface area contributed by atoms with Gasteiger partial charge in [-0.25, -0.2) is 12.8 Å². The molecule has 1 atom stereocenters. The van der Waals surface area contributed by atoms with Crippen molar-refractivity contribution >= 4 is 21.6 Å². The van der Waals surface area contributed by atoms with Crippen molar-refractivity contribution in [3.63, 3.8) is 0 Å². The lowest BCUT2D eigenvalue weighted by atomic mass is 10.1. The van der Waals surface area contributed by atoms with Gasteiger partial charge in [0.2, 0.25) is 15.9 Å². The number of nitrogens with zero attached hydrogens (tertiary/aromatic N) is 3. The summed E-state index contributed by atoms with van der Waals surface area (Å²) in [5.41, 5.74) is 1.13. The zero-order chi connectivity index (χ0) is 20.4. The highest BCUT2D eigenvalue weighted by atomic mass is 32.2. The molecule has 4 rings (SSSR count). The summed E-state index contributed by atoms with van der Waals surface area (Å²) >= 11 is 0. The average molecular weight is 418 g/mol. The predicted octanol–water partition coefficient (Wildman–Crippen LogP) is 2.33. The Balaban J connectivity index is 1.45. The van der Waals surface area contributed by atoms with Gasteiger partial charge in [-0.2, -0.15) is 4.31 Å². The van der Waals surface area contributed by atoms with E-state index in [4.69, 9.17) is 0 Å². The summed E-state index contributed by atoms with van der Waals surface area (Å²) in [7, 11) is -3.83. The molecule has 1 unspecified atom stereocenters. The molecule has 8 heteroatoms. The highest BCUT2D eigenvalue weighted by Crippen LogP contribution is 2.28. The molecule has 2 aromatic rings. The maximum absolute atomic E-state index is 13.2. The second-order valence-corrected chi connectivity index (χ2v) is 9.27. The molecule has 2 fully saturated rings. The number of anilines is 1. The first-order chi connectivity index (χ1) is 14.0. The summed E-state index contributed by atoms with van der Waals surface area (Å²) in [6, 6.07) is 14.1. The van der Waals surface area contributed by atoms with E-state index in [0.29, 0.717) is 45.6 Å². The zero-order valence-electron chi connectivity index (χ0n) is 16.1. The number of para-hydroxylation sites is 1. The lowest BCUT2D eigenvalue weighted by molar-refractivity contribution is -0.134. The first kappa shape index (κ1) is 19.8. The molecule has 2 aliphatic heterocycles. The van der Waals surface area contributed by atoms with E-state index in [1.54, 1.807) is 4.90 Å². The van der Waals surface area contributed by atoms with Crippen LogP contribution in [0.3, 0.4) is 0 Å². The van der Waals surface area contributed by atoms with Crippen molar-refractivity contribution in [2.24, 2.45) is 0 Å². The molecule has 1 amide bonds. The molecule has 0 aromatic heterocycles. The molecule has 0 radical (unpaired) electrons. The van der Waals surface area contributed by atoms with Gasteiger partial charge in [0.25, 0.3) is 0 Å². The van der Waals surface area contributed by atoms with Gasteiger partial charge < -0.3 is 9.80 Å². The second-order valence-electron chi connectivity index (χ2n) is 7.38. The molecular weight excluding hydrogens is 393 g/mol. The Morgan fingerprint density at radius 1 is 0.897 bits per heavy atom. The van der Waals surface area contributed by atoms with E-state index in [-0.39, 0.29) is 10.8 Å². The number of carbonyl (C=O) groups is 1. The van der Waals surface area contributed by atoms with Crippen LogP contribution in [0.1, 0.15) is 12.8 Å². The minimum absolute atomic E-state index is 0.0208. The number of carbonyl (C=O) groups excluding carboxylic acids is 1. The molecule has 0 bridgehead atoms. The Hall–Kier alpha value is -2.45. The van der Waals surface area contributed by atoms with Crippen LogP contribution in [0, 0.1) is 5.82 Å². The minimum atomic E-state index is -3.83. The van der Waals surface area contributed by atoms with Crippen molar-refractivity contribution in [3.8, 4) is 0 Å². The molecule has 0 saturated carbocycles. The quantitative estimate of drug-likeness (QED) is 0.766. The Morgan fingerprint density at radius 3 is 2.21 bits per heavy atom. The number of benzene rings is 2. The molecule has 2 heterocycles. The van der Waals surface area contributed by atoms with Crippen molar-refractivity contribution in [1.82, 2.24) is 9.21 Å². The third-order valence-corrected chi connectivity index (χ3v) is 7.54. The van der Waals surface area contributed by atoms with Gasteiger partial charge in [0.05, 0.1) is 4.90 Å². The molecule has 2 aliphatic rings. The molecule has 2 saturated heterocycles. The summed E-state index contributed by atoms with van der Waals surface area (Å²) in [5, 5.41) is 0. The Labute approximate surface area is 170 Å². The largest absolute Gasteiger partial charge is 0.368 e. The van der Waals surface area contributed by atoms with Crippen molar-refractivity contribution < 1.29 is 17.6 Å². The van der Waals surface area contributed by atoms with E-state index in [1.807, 2.05) is 30.3 Å². The molecule has 6 nitrogen and oxygen atoms in total. The third kappa shape index (κ3) is 4.00. The molecule has 0 N–H and O–H groups in total. The number of piperazine rings is 1. The molecule has 154 valence electrons. The third-order valence-electron chi connectivity index (χ3n) is 5.62. The molecule has 29 heavy (non-hydrogen) atoms. The molecule has 0 spiro atoms. The standard InChI is InChI=1S/C21H24FN3O3S/c22-17-8-10-19(11-9-17)29(27,28)25-12-4-7-20(25)21(26)24-15-13-23(14-16-24)18-5-2-1-3-6-18/h1-3,5-6,8-11,20H,4,7,12-16H2. The van der Waals surface area contributed by atoms with Crippen LogP contribution in [-0.2, 0) is 14.8 Å². The van der Waals surface area contributed by atoms with Gasteiger partial charge in [-0.15, -0.1) is 0 Å². The van der Waals surface area contributed by atoms with Crippen molar-refractivity contribution in [3.05, 3.63) is 60.4 Å². The van der Waals surface area contributed by atoms with Crippen LogP contribution >= 0.6 is 0 Å². The minimum Gasteiger partial charge on any atom is -0.368 e. The summed E-state index contributed by atoms with van der Waals surface area (Å²) in [4.78, 5) is 17.1. The van der Waals surface area contributed by atoms with Gasteiger partial charge in [0.1, 0.15) is 11.9 Å². The number of sulfonamides is 1. The summed E-state index contributed by atoms with van der Waals surface area (Å²) < 4.78 is 40.5. The second kappa shape index (κ2) is 8.12. The fourth-order valence-corrected chi connectivity index (χ4v) is 5.70. The van der Waals surface area contributed by atoms with Crippen LogP contribution in [-0.4, -0.2) is 62.3 Å². The molecule has 2 aromatic carbocycles. The van der Waals surface area contributed by atoms with E-state index < -0.39 is 21.9 Å². The first-order valence-corrected chi connectivity index (χ1v) is 11.3. The van der Waals surface area contributed by atoms with Gasteiger partial charge in [-0.1, -0.05) is 18.2 Å². The van der Waals surface area contributed by atoms with Crippen LogP contribution in [0.25, 0.3) is 0 Å². The zero-order valence-corrected chi connectivity index (χ0v) is 16.9. The Morgan fingerprint density at radius 2 is 1.55 bits per heavy atom. The topological polar surface area (TPSA) is 60.9 Å². The van der Waals surface area contributed by atoms with Gasteiger partial charge in [0.15, 0.2) is 0 Å². The smallest absolute Gasteiger partial charge is 0.243 e. The van der Waals surface area contributed by atoms with Crippen LogP contribution < -0.4 is 4.90 Å². The van der Waals surface area contributed by atoms with E-state index in [1.165, 1.54) is 16.4 Å². The van der Waals surface area contributed by atoms with Crippen LogP contribution in [0.4, 0.5) is 10.1 Å². The van der Waals surface area contributed by atoms with E-state index >= 15 is 0 Å². The summed E-state index contributed by atoms with van der Waals surface area (Å²) in [6.07, 6.45) is 1.15. The van der Waals surface area contributed by atoms with Gasteiger partial charge in [-0.3, -0.25) is 4.79 Å². The number of amides is 1. The van der Waals surface area contributed by atoms with Crippen LogP contribution in [0.2, 0.25) is 0 Å². The molecule has 0 aliphatic carbocycles. The molecular formula is C21H24FN3O3S. The number of rotatable bonds is 4. The average Bonchev–Trinajstić information content (AvgIpc) is 3.25. The SMILES string of the molecule is O=C(C1CCCN1S(=O)(=O)c1ccc(F)cc1)N1CCN(c2ccccc2)CC1. The maximum Gasteiger partial charge on any atom is 0.243 e. The van der Waals surface area contributed by atoms with Gasteiger partial charge >= 0.3 is 0 Å². The lowest BCUT2D eigenvalue weighted by Gasteiger charge is -2.38. The predicted molar refractivity (Wildman–Crippen MR) is 109 cm³/mol. The van der Waals surface area contributed by atoms with Gasteiger partial charge in [0, 0.05) is 38.4 Å². The van der Waals surface area contributed by atoms with E-state index in [2.05, 4.69) is 4.90 Å². The number of halogens is 1. The fourth-order valence-electron chi connectivity index (χ4n) is 4.05. The first-order valence-electron chi connectivity index (χ1n) is 9.83. The highest BCUT2D eigenvalue weighted by Gasteiger charge is 2.41. The maximum atomic E-state index is 13.2. The summed E-state index contributed by atoms with van der Waals surface area (Å²) in [5.74, 6) is -0.629. The highest BCUT2D eigenvalue weighted by molar-refractivity contribution is 7.89. The van der Waals surface area contributed by atoms with E-state index in [9.17, 15) is 17.6 Å². The number of hydrogen-bond acceptors (Lipinski definition) is 4. The van der Waals surface area contributed by atoms with Crippen molar-refractivity contribution in [2.75, 3.05) is 37.6 Å². The Kier molecular flexibility index (Phi) is 5.56. The monoisotopic (exact) mass is 417 g/mol. The number of hydrogen-bond donors (Lipinski definition) is 0. The van der Waals surface area contributed by atoms with Crippen LogP contribution in [0.5, 0.6) is 0 Å². The van der Waals surface area contributed by atoms with Crippen molar-refractivity contribution in [2.45, 2.75) is 23.8 Å². The van der Waals surface area contributed by atoms with Crippen molar-refractivity contribution in [1.29, 1.82) is 0 Å². The fraction of sp³-hybridized carbons (Fsp3) is 0.381. The lowest BCUT2D eigenvalue weighted by Crippen LogP contribution is -2.54. The normalized spacial score (nSPS) is 20.8. The van der Waals surface area contributed by atoms with Crippen LogP contribution in [0.15, 0.2) is 59.5 Å².